The van der Waals surface area contributed by atoms with Crippen molar-refractivity contribution < 1.29 is 14.4 Å². The van der Waals surface area contributed by atoms with Gasteiger partial charge in [0, 0.05) is 31.8 Å². The van der Waals surface area contributed by atoms with Gasteiger partial charge in [-0.25, -0.2) is 0 Å². The fraction of sp³-hybridized carbons (Fsp3) is 0.286. The van der Waals surface area contributed by atoms with Gasteiger partial charge in [-0.1, -0.05) is 24.3 Å². The summed E-state index contributed by atoms with van der Waals surface area (Å²) < 4.78 is 0. The number of rotatable bonds is 6. The molecule has 0 aromatic heterocycles. The van der Waals surface area contributed by atoms with Gasteiger partial charge < -0.3 is 15.5 Å². The Morgan fingerprint density at radius 2 is 1.67 bits per heavy atom. The Balaban J connectivity index is 1.95. The van der Waals surface area contributed by atoms with Crippen LogP contribution < -0.4 is 10.6 Å². The Hall–Kier alpha value is -3.15. The largest absolute Gasteiger partial charge is 0.352 e. The maximum absolute atomic E-state index is 12.5. The summed E-state index contributed by atoms with van der Waals surface area (Å²) in [6.07, 6.45) is 0. The van der Waals surface area contributed by atoms with Crippen molar-refractivity contribution >= 4 is 23.4 Å². The molecule has 0 heterocycles. The highest BCUT2D eigenvalue weighted by molar-refractivity contribution is 5.99. The molecule has 0 unspecified atom stereocenters. The summed E-state index contributed by atoms with van der Waals surface area (Å²) in [6, 6.07) is 12.7. The molecule has 0 saturated carbocycles. The second-order valence-corrected chi connectivity index (χ2v) is 6.56. The van der Waals surface area contributed by atoms with E-state index in [2.05, 4.69) is 10.6 Å². The van der Waals surface area contributed by atoms with Crippen LogP contribution in [0.1, 0.15) is 34.0 Å². The Morgan fingerprint density at radius 3 is 2.30 bits per heavy atom. The van der Waals surface area contributed by atoms with Crippen molar-refractivity contribution in [2.24, 2.45) is 0 Å². The van der Waals surface area contributed by atoms with Crippen LogP contribution in [0.2, 0.25) is 0 Å². The first-order chi connectivity index (χ1) is 12.8. The van der Waals surface area contributed by atoms with E-state index in [9.17, 15) is 14.4 Å². The van der Waals surface area contributed by atoms with Crippen LogP contribution in [-0.2, 0) is 16.1 Å². The van der Waals surface area contributed by atoms with Crippen LogP contribution in [-0.4, -0.2) is 36.2 Å². The van der Waals surface area contributed by atoms with Gasteiger partial charge in [-0.05, 0) is 48.7 Å². The number of carbonyl (C=O) groups is 3. The third-order valence-electron chi connectivity index (χ3n) is 4.35. The fourth-order valence-electron chi connectivity index (χ4n) is 2.58. The zero-order valence-electron chi connectivity index (χ0n) is 16.1. The molecule has 6 heteroatoms. The van der Waals surface area contributed by atoms with Crippen molar-refractivity contribution in [1.29, 1.82) is 0 Å². The Labute approximate surface area is 159 Å². The number of carbonyl (C=O) groups excluding carboxylic acids is 3. The molecule has 0 spiro atoms. The monoisotopic (exact) mass is 367 g/mol. The lowest BCUT2D eigenvalue weighted by Crippen LogP contribution is -2.35. The van der Waals surface area contributed by atoms with E-state index in [-0.39, 0.29) is 24.3 Å². The van der Waals surface area contributed by atoms with Gasteiger partial charge in [-0.3, -0.25) is 14.4 Å². The number of benzene rings is 2. The van der Waals surface area contributed by atoms with E-state index in [0.717, 1.165) is 22.4 Å². The molecule has 0 aliphatic carbocycles. The van der Waals surface area contributed by atoms with Gasteiger partial charge in [0.25, 0.3) is 5.91 Å². The van der Waals surface area contributed by atoms with Crippen molar-refractivity contribution in [3.8, 4) is 0 Å². The molecule has 2 N–H and O–H groups in total. The summed E-state index contributed by atoms with van der Waals surface area (Å²) in [7, 11) is 1.59. The number of hydrogen-bond acceptors (Lipinski definition) is 3. The van der Waals surface area contributed by atoms with Crippen molar-refractivity contribution in [3.63, 3.8) is 0 Å². The Morgan fingerprint density at radius 1 is 1.00 bits per heavy atom. The molecule has 2 rings (SSSR count). The predicted octanol–water partition coefficient (Wildman–Crippen LogP) is 2.65. The molecule has 6 nitrogen and oxygen atoms in total. The average molecular weight is 367 g/mol. The van der Waals surface area contributed by atoms with E-state index in [1.165, 1.54) is 11.8 Å². The Kier molecular flexibility index (Phi) is 6.71. The number of aryl methyl sites for hydroxylation is 1. The van der Waals surface area contributed by atoms with Gasteiger partial charge in [0.15, 0.2) is 0 Å². The lowest BCUT2D eigenvalue weighted by Gasteiger charge is -2.18. The van der Waals surface area contributed by atoms with E-state index >= 15 is 0 Å². The number of nitrogens with zero attached hydrogens (tertiary/aromatic N) is 1. The smallest absolute Gasteiger partial charge is 0.254 e. The van der Waals surface area contributed by atoms with Crippen molar-refractivity contribution in [2.75, 3.05) is 18.9 Å². The standard InChI is InChI=1S/C21H25N3O3/c1-14-6-5-7-19(15(14)2)23-20(26)13-24(4)21(27)18-10-8-17(9-11-18)12-22-16(3)25/h5-11H,12-13H2,1-4H3,(H,22,25)(H,23,26). The van der Waals surface area contributed by atoms with Crippen molar-refractivity contribution in [3.05, 3.63) is 64.7 Å². The van der Waals surface area contributed by atoms with E-state index in [1.54, 1.807) is 31.3 Å². The highest BCUT2D eigenvalue weighted by atomic mass is 16.2. The first-order valence-corrected chi connectivity index (χ1v) is 8.73. The third-order valence-corrected chi connectivity index (χ3v) is 4.35. The lowest BCUT2D eigenvalue weighted by atomic mass is 10.1. The summed E-state index contributed by atoms with van der Waals surface area (Å²) >= 11 is 0. The average Bonchev–Trinajstić information content (AvgIpc) is 2.63. The molecule has 0 bridgehead atoms. The minimum Gasteiger partial charge on any atom is -0.352 e. The highest BCUT2D eigenvalue weighted by Crippen LogP contribution is 2.18. The molecule has 0 radical (unpaired) electrons. The molecule has 0 aliphatic heterocycles. The van der Waals surface area contributed by atoms with Gasteiger partial charge >= 0.3 is 0 Å². The number of amides is 3. The second kappa shape index (κ2) is 8.98. The predicted molar refractivity (Wildman–Crippen MR) is 105 cm³/mol. The molecule has 0 aliphatic rings. The summed E-state index contributed by atoms with van der Waals surface area (Å²) in [5.41, 5.74) is 4.25. The lowest BCUT2D eigenvalue weighted by molar-refractivity contribution is -0.119. The van der Waals surface area contributed by atoms with Gasteiger partial charge in [0.1, 0.15) is 0 Å². The topological polar surface area (TPSA) is 78.5 Å². The van der Waals surface area contributed by atoms with Crippen LogP contribution in [0.4, 0.5) is 5.69 Å². The quantitative estimate of drug-likeness (QED) is 0.824. The first-order valence-electron chi connectivity index (χ1n) is 8.73. The Bertz CT molecular complexity index is 844. The minimum absolute atomic E-state index is 0.0418. The summed E-state index contributed by atoms with van der Waals surface area (Å²) in [4.78, 5) is 37.1. The summed E-state index contributed by atoms with van der Waals surface area (Å²) in [5.74, 6) is -0.594. The van der Waals surface area contributed by atoms with E-state index in [0.29, 0.717) is 12.1 Å². The molecule has 0 fully saturated rings. The highest BCUT2D eigenvalue weighted by Gasteiger charge is 2.15. The van der Waals surface area contributed by atoms with E-state index < -0.39 is 0 Å². The first kappa shape index (κ1) is 20.2. The summed E-state index contributed by atoms with van der Waals surface area (Å²) in [6.45, 7) is 5.76. The van der Waals surface area contributed by atoms with Crippen LogP contribution in [0.25, 0.3) is 0 Å². The van der Waals surface area contributed by atoms with Gasteiger partial charge in [0.2, 0.25) is 11.8 Å². The minimum atomic E-state index is -0.248. The van der Waals surface area contributed by atoms with E-state index in [1.807, 2.05) is 32.0 Å². The maximum atomic E-state index is 12.5. The molecule has 0 saturated heterocycles. The van der Waals surface area contributed by atoms with Crippen molar-refractivity contribution in [2.45, 2.75) is 27.3 Å². The number of likely N-dealkylation sites (N-methyl/N-ethyl adjacent to an activating group) is 1. The molecule has 142 valence electrons. The number of anilines is 1. The van der Waals surface area contributed by atoms with Crippen LogP contribution in [0.3, 0.4) is 0 Å². The SMILES string of the molecule is CC(=O)NCc1ccc(C(=O)N(C)CC(=O)Nc2cccc(C)c2C)cc1. The molecular formula is C21H25N3O3. The molecule has 2 aromatic carbocycles. The summed E-state index contributed by atoms with van der Waals surface area (Å²) in [5, 5.41) is 5.56. The molecule has 0 atom stereocenters. The fourth-order valence-corrected chi connectivity index (χ4v) is 2.58. The number of nitrogens with one attached hydrogen (secondary N) is 2. The van der Waals surface area contributed by atoms with Gasteiger partial charge in [0.05, 0.1) is 6.54 Å². The zero-order chi connectivity index (χ0) is 20.0. The van der Waals surface area contributed by atoms with Crippen LogP contribution in [0.15, 0.2) is 42.5 Å². The van der Waals surface area contributed by atoms with Crippen LogP contribution in [0.5, 0.6) is 0 Å². The normalized spacial score (nSPS) is 10.2. The molecule has 2 aromatic rings. The molecule has 3 amide bonds. The van der Waals surface area contributed by atoms with E-state index in [4.69, 9.17) is 0 Å². The third kappa shape index (κ3) is 5.67. The molecule has 27 heavy (non-hydrogen) atoms. The zero-order valence-corrected chi connectivity index (χ0v) is 16.1. The van der Waals surface area contributed by atoms with Crippen LogP contribution >= 0.6 is 0 Å². The van der Waals surface area contributed by atoms with Crippen molar-refractivity contribution in [1.82, 2.24) is 10.2 Å². The maximum Gasteiger partial charge on any atom is 0.254 e. The van der Waals surface area contributed by atoms with Gasteiger partial charge in [-0.15, -0.1) is 0 Å². The van der Waals surface area contributed by atoms with Gasteiger partial charge in [-0.2, -0.15) is 0 Å². The molecular weight excluding hydrogens is 342 g/mol. The second-order valence-electron chi connectivity index (χ2n) is 6.56. The number of hydrogen-bond donors (Lipinski definition) is 2. The van der Waals surface area contributed by atoms with Crippen LogP contribution in [0, 0.1) is 13.8 Å².